The highest BCUT2D eigenvalue weighted by atomic mass is 32.1. The molecule has 0 saturated carbocycles. The van der Waals surface area contributed by atoms with Crippen LogP contribution in [0, 0.1) is 17.0 Å². The standard InChI is InChI=1S/C26H21N5O4S/c1-15-8-11-18(31(33)34)14-21(15)27-16(2)23-24(17-9-12-19(35-3)13-10-17)29-30(25(23)32)26-28-20-6-4-5-7-22(20)36-26/h4-14,29H,1-3H3. The Morgan fingerprint density at radius 1 is 1.14 bits per heavy atom. The quantitative estimate of drug-likeness (QED) is 0.180. The Morgan fingerprint density at radius 2 is 1.89 bits per heavy atom. The van der Waals surface area contributed by atoms with Crippen LogP contribution < -0.4 is 10.3 Å². The van der Waals surface area contributed by atoms with E-state index in [0.717, 1.165) is 21.3 Å². The summed E-state index contributed by atoms with van der Waals surface area (Å²) in [7, 11) is 1.59. The molecule has 0 saturated heterocycles. The summed E-state index contributed by atoms with van der Waals surface area (Å²) >= 11 is 1.40. The van der Waals surface area contributed by atoms with Gasteiger partial charge in [-0.3, -0.25) is 25.0 Å². The van der Waals surface area contributed by atoms with Gasteiger partial charge in [-0.25, -0.2) is 4.98 Å². The van der Waals surface area contributed by atoms with Crippen molar-refractivity contribution in [3.8, 4) is 22.1 Å². The zero-order valence-electron chi connectivity index (χ0n) is 19.7. The normalized spacial score (nSPS) is 11.7. The van der Waals surface area contributed by atoms with Crippen molar-refractivity contribution < 1.29 is 9.66 Å². The van der Waals surface area contributed by atoms with E-state index in [-0.39, 0.29) is 11.2 Å². The summed E-state index contributed by atoms with van der Waals surface area (Å²) in [6, 6.07) is 19.5. The Bertz CT molecular complexity index is 1660. The Kier molecular flexibility index (Phi) is 5.95. The van der Waals surface area contributed by atoms with E-state index in [0.29, 0.717) is 33.5 Å². The first-order chi connectivity index (χ1) is 17.4. The molecule has 0 aliphatic rings. The van der Waals surface area contributed by atoms with Crippen molar-refractivity contribution in [1.29, 1.82) is 0 Å². The van der Waals surface area contributed by atoms with Crippen LogP contribution in [0.2, 0.25) is 0 Å². The second kappa shape index (κ2) is 9.23. The molecule has 0 spiro atoms. The molecule has 3 aromatic carbocycles. The number of hydrogen-bond acceptors (Lipinski definition) is 7. The van der Waals surface area contributed by atoms with Gasteiger partial charge in [0, 0.05) is 17.7 Å². The van der Waals surface area contributed by atoms with Crippen LogP contribution in [0.3, 0.4) is 0 Å². The molecule has 1 N–H and O–H groups in total. The van der Waals surface area contributed by atoms with Crippen LogP contribution in [0.1, 0.15) is 18.1 Å². The Morgan fingerprint density at radius 3 is 2.58 bits per heavy atom. The lowest BCUT2D eigenvalue weighted by Crippen LogP contribution is -2.19. The molecule has 10 heteroatoms. The summed E-state index contributed by atoms with van der Waals surface area (Å²) in [5.74, 6) is 0.686. The number of aryl methyl sites for hydroxylation is 1. The highest BCUT2D eigenvalue weighted by Gasteiger charge is 2.22. The number of rotatable bonds is 6. The number of aromatic nitrogens is 3. The summed E-state index contributed by atoms with van der Waals surface area (Å²) in [5.41, 5.74) is 3.69. The van der Waals surface area contributed by atoms with Gasteiger partial charge < -0.3 is 4.74 Å². The number of H-pyrrole nitrogens is 1. The molecule has 2 heterocycles. The van der Waals surface area contributed by atoms with Gasteiger partial charge in [-0.05, 0) is 55.8 Å². The van der Waals surface area contributed by atoms with E-state index < -0.39 is 4.92 Å². The SMILES string of the molecule is COc1ccc(-c2[nH]n(-c3nc4ccccc4s3)c(=O)c2C(C)=Nc2cc([N+](=O)[O-])ccc2C)cc1. The van der Waals surface area contributed by atoms with Crippen LogP contribution in [0.4, 0.5) is 11.4 Å². The van der Waals surface area contributed by atoms with Crippen LogP contribution in [-0.2, 0) is 0 Å². The molecule has 5 aromatic rings. The van der Waals surface area contributed by atoms with E-state index in [1.54, 1.807) is 20.1 Å². The van der Waals surface area contributed by atoms with Gasteiger partial charge in [-0.2, -0.15) is 4.68 Å². The predicted octanol–water partition coefficient (Wildman–Crippen LogP) is 5.81. The fraction of sp³-hybridized carbons (Fsp3) is 0.115. The van der Waals surface area contributed by atoms with Gasteiger partial charge in [0.2, 0.25) is 5.13 Å². The minimum atomic E-state index is -0.465. The smallest absolute Gasteiger partial charge is 0.283 e. The third kappa shape index (κ3) is 4.18. The van der Waals surface area contributed by atoms with Gasteiger partial charge in [-0.1, -0.05) is 29.5 Å². The number of methoxy groups -OCH3 is 1. The molecule has 5 rings (SSSR count). The van der Waals surface area contributed by atoms with Crippen molar-refractivity contribution in [3.05, 3.63) is 98.3 Å². The van der Waals surface area contributed by atoms with Crippen LogP contribution in [0.25, 0.3) is 26.6 Å². The lowest BCUT2D eigenvalue weighted by atomic mass is 10.0. The number of nitro benzene ring substituents is 1. The molecule has 0 aliphatic heterocycles. The van der Waals surface area contributed by atoms with E-state index in [2.05, 4.69) is 15.1 Å². The molecule has 0 radical (unpaired) electrons. The monoisotopic (exact) mass is 499 g/mol. The number of nitrogens with zero attached hydrogens (tertiary/aromatic N) is 4. The first kappa shape index (κ1) is 23.2. The number of para-hydroxylation sites is 1. The number of nitrogens with one attached hydrogen (secondary N) is 1. The third-order valence-corrected chi connectivity index (χ3v) is 6.82. The number of thiazole rings is 1. The maximum Gasteiger partial charge on any atom is 0.283 e. The fourth-order valence-corrected chi connectivity index (χ4v) is 4.82. The molecular formula is C26H21N5O4S. The molecule has 0 fully saturated rings. The second-order valence-corrected chi connectivity index (χ2v) is 9.13. The van der Waals surface area contributed by atoms with Gasteiger partial charge >= 0.3 is 0 Å². The number of benzene rings is 3. The topological polar surface area (TPSA) is 115 Å². The van der Waals surface area contributed by atoms with E-state index >= 15 is 0 Å². The predicted molar refractivity (Wildman–Crippen MR) is 141 cm³/mol. The molecule has 180 valence electrons. The number of fused-ring (bicyclic) bond motifs is 1. The van der Waals surface area contributed by atoms with Gasteiger partial charge in [0.1, 0.15) is 5.75 Å². The maximum absolute atomic E-state index is 13.7. The summed E-state index contributed by atoms with van der Waals surface area (Å²) in [5, 5.41) is 15.0. The minimum absolute atomic E-state index is 0.0662. The molecule has 0 atom stereocenters. The number of aromatic amines is 1. The van der Waals surface area contributed by atoms with Crippen LogP contribution in [0.15, 0.2) is 76.5 Å². The fourth-order valence-electron chi connectivity index (χ4n) is 3.90. The average molecular weight is 500 g/mol. The Balaban J connectivity index is 1.71. The van der Waals surface area contributed by atoms with E-state index in [1.807, 2.05) is 55.5 Å². The molecule has 2 aromatic heterocycles. The lowest BCUT2D eigenvalue weighted by molar-refractivity contribution is -0.384. The van der Waals surface area contributed by atoms with Gasteiger partial charge in [0.15, 0.2) is 0 Å². The number of non-ortho nitro benzene ring substituents is 1. The summed E-state index contributed by atoms with van der Waals surface area (Å²) in [6.07, 6.45) is 0. The van der Waals surface area contributed by atoms with Gasteiger partial charge in [0.25, 0.3) is 11.2 Å². The molecule has 0 aliphatic carbocycles. The Labute approximate surface area is 209 Å². The second-order valence-electron chi connectivity index (χ2n) is 8.12. The van der Waals surface area contributed by atoms with Crippen molar-refractivity contribution in [3.63, 3.8) is 0 Å². The average Bonchev–Trinajstić information content (AvgIpc) is 3.46. The van der Waals surface area contributed by atoms with Crippen molar-refractivity contribution in [1.82, 2.24) is 14.8 Å². The number of aliphatic imine (C=N–C) groups is 1. The molecule has 0 bridgehead atoms. The van der Waals surface area contributed by atoms with E-state index in [4.69, 9.17) is 4.74 Å². The molecule has 0 unspecified atom stereocenters. The largest absolute Gasteiger partial charge is 0.497 e. The van der Waals surface area contributed by atoms with Crippen LogP contribution in [-0.4, -0.2) is 32.5 Å². The van der Waals surface area contributed by atoms with E-state index in [9.17, 15) is 14.9 Å². The highest BCUT2D eigenvalue weighted by Crippen LogP contribution is 2.29. The zero-order chi connectivity index (χ0) is 25.4. The number of nitro groups is 1. The number of hydrogen-bond donors (Lipinski definition) is 1. The first-order valence-electron chi connectivity index (χ1n) is 11.0. The van der Waals surface area contributed by atoms with Gasteiger partial charge in [0.05, 0.1) is 44.9 Å². The van der Waals surface area contributed by atoms with Gasteiger partial charge in [-0.15, -0.1) is 0 Å². The van der Waals surface area contributed by atoms with Crippen molar-refractivity contribution >= 4 is 38.6 Å². The van der Waals surface area contributed by atoms with Crippen molar-refractivity contribution in [2.75, 3.05) is 7.11 Å². The Hall–Kier alpha value is -4.57. The molecule has 0 amide bonds. The first-order valence-corrected chi connectivity index (χ1v) is 11.8. The summed E-state index contributed by atoms with van der Waals surface area (Å²) in [4.78, 5) is 33.8. The van der Waals surface area contributed by atoms with Crippen molar-refractivity contribution in [2.45, 2.75) is 13.8 Å². The number of ether oxygens (including phenoxy) is 1. The lowest BCUT2D eigenvalue weighted by Gasteiger charge is -2.06. The summed E-state index contributed by atoms with van der Waals surface area (Å²) in [6.45, 7) is 3.54. The molecule has 9 nitrogen and oxygen atoms in total. The maximum atomic E-state index is 13.7. The van der Waals surface area contributed by atoms with E-state index in [1.165, 1.54) is 28.2 Å². The van der Waals surface area contributed by atoms with Crippen LogP contribution >= 0.6 is 11.3 Å². The highest BCUT2D eigenvalue weighted by molar-refractivity contribution is 7.20. The summed E-state index contributed by atoms with van der Waals surface area (Å²) < 4.78 is 7.65. The molecular weight excluding hydrogens is 478 g/mol. The van der Waals surface area contributed by atoms with Crippen molar-refractivity contribution in [2.24, 2.45) is 4.99 Å². The zero-order valence-corrected chi connectivity index (χ0v) is 20.5. The van der Waals surface area contributed by atoms with Crippen LogP contribution in [0.5, 0.6) is 5.75 Å². The molecule has 36 heavy (non-hydrogen) atoms. The minimum Gasteiger partial charge on any atom is -0.497 e. The third-order valence-electron chi connectivity index (χ3n) is 5.80.